The van der Waals surface area contributed by atoms with Gasteiger partial charge in [-0.2, -0.15) is 0 Å². The summed E-state index contributed by atoms with van der Waals surface area (Å²) >= 11 is 0. The van der Waals surface area contributed by atoms with E-state index >= 15 is 0 Å². The Morgan fingerprint density at radius 1 is 1.00 bits per heavy atom. The number of carbonyl (C=O) groups excluding carboxylic acids is 1. The van der Waals surface area contributed by atoms with Crippen LogP contribution >= 0.6 is 0 Å². The Balaban J connectivity index is 1.57. The Morgan fingerprint density at radius 3 is 2.41 bits per heavy atom. The molecule has 1 aromatic heterocycles. The van der Waals surface area contributed by atoms with E-state index in [9.17, 15) is 4.79 Å². The van der Waals surface area contributed by atoms with Crippen LogP contribution in [-0.2, 0) is 13.0 Å². The molecule has 0 spiro atoms. The Hall–Kier alpha value is -2.76. The molecule has 1 saturated heterocycles. The van der Waals surface area contributed by atoms with Crippen molar-refractivity contribution in [3.63, 3.8) is 0 Å². The Kier molecular flexibility index (Phi) is 4.88. The topological polar surface area (TPSA) is 54.9 Å². The zero-order chi connectivity index (χ0) is 18.8. The molecule has 2 aliphatic heterocycles. The number of nitrogens with zero attached hydrogens (tertiary/aromatic N) is 3. The first-order valence-corrected chi connectivity index (χ1v) is 9.43. The van der Waals surface area contributed by atoms with Crippen molar-refractivity contribution in [2.45, 2.75) is 25.8 Å². The standard InChI is InChI=1S/C21H25N3O3/c1-26-18-11-15-6-10-24(14-17(15)12-19(18)27-2)20-13-16(5-7-22-20)21(25)23-8-3-4-9-23/h5,7,11-13H,3-4,6,8-10,14H2,1-2H3. The van der Waals surface area contributed by atoms with E-state index < -0.39 is 0 Å². The minimum Gasteiger partial charge on any atom is -0.493 e. The quantitative estimate of drug-likeness (QED) is 0.832. The number of methoxy groups -OCH3 is 2. The van der Waals surface area contributed by atoms with Crippen molar-refractivity contribution in [3.05, 3.63) is 47.2 Å². The number of pyridine rings is 1. The average molecular weight is 367 g/mol. The number of likely N-dealkylation sites (tertiary alicyclic amines) is 1. The molecule has 3 heterocycles. The molecular formula is C21H25N3O3. The summed E-state index contributed by atoms with van der Waals surface area (Å²) in [5, 5.41) is 0. The summed E-state index contributed by atoms with van der Waals surface area (Å²) in [5.41, 5.74) is 3.20. The highest BCUT2D eigenvalue weighted by Crippen LogP contribution is 2.34. The van der Waals surface area contributed by atoms with Crippen molar-refractivity contribution in [1.82, 2.24) is 9.88 Å². The van der Waals surface area contributed by atoms with Gasteiger partial charge in [-0.15, -0.1) is 0 Å². The first-order chi connectivity index (χ1) is 13.2. The van der Waals surface area contributed by atoms with Crippen LogP contribution in [0.1, 0.15) is 34.3 Å². The molecule has 6 heteroatoms. The van der Waals surface area contributed by atoms with E-state index in [0.29, 0.717) is 0 Å². The van der Waals surface area contributed by atoms with Crippen LogP contribution in [0.25, 0.3) is 0 Å². The summed E-state index contributed by atoms with van der Waals surface area (Å²) in [7, 11) is 3.31. The maximum absolute atomic E-state index is 12.7. The predicted molar refractivity (Wildman–Crippen MR) is 104 cm³/mol. The van der Waals surface area contributed by atoms with Crippen molar-refractivity contribution in [1.29, 1.82) is 0 Å². The summed E-state index contributed by atoms with van der Waals surface area (Å²) in [6.07, 6.45) is 4.83. The normalized spacial score (nSPS) is 16.2. The van der Waals surface area contributed by atoms with Crippen LogP contribution < -0.4 is 14.4 Å². The molecule has 1 amide bonds. The van der Waals surface area contributed by atoms with Gasteiger partial charge in [-0.3, -0.25) is 4.79 Å². The van der Waals surface area contributed by atoms with Gasteiger partial charge in [0.25, 0.3) is 5.91 Å². The molecule has 2 aliphatic rings. The fourth-order valence-corrected chi connectivity index (χ4v) is 3.91. The monoisotopic (exact) mass is 367 g/mol. The number of anilines is 1. The summed E-state index contributed by atoms with van der Waals surface area (Å²) in [4.78, 5) is 21.4. The van der Waals surface area contributed by atoms with E-state index in [2.05, 4.69) is 16.0 Å². The Bertz CT molecular complexity index is 847. The molecule has 0 N–H and O–H groups in total. The summed E-state index contributed by atoms with van der Waals surface area (Å²) < 4.78 is 10.9. The van der Waals surface area contributed by atoms with Crippen LogP contribution in [0.4, 0.5) is 5.82 Å². The van der Waals surface area contributed by atoms with Crippen molar-refractivity contribution in [2.24, 2.45) is 0 Å². The number of fused-ring (bicyclic) bond motifs is 1. The number of aromatic nitrogens is 1. The van der Waals surface area contributed by atoms with Gasteiger partial charge in [0.1, 0.15) is 5.82 Å². The fourth-order valence-electron chi connectivity index (χ4n) is 3.91. The van der Waals surface area contributed by atoms with Gasteiger partial charge in [-0.1, -0.05) is 0 Å². The van der Waals surface area contributed by atoms with E-state index in [-0.39, 0.29) is 5.91 Å². The van der Waals surface area contributed by atoms with Gasteiger partial charge >= 0.3 is 0 Å². The molecule has 1 aromatic carbocycles. The minimum atomic E-state index is 0.111. The summed E-state index contributed by atoms with van der Waals surface area (Å²) in [6, 6.07) is 7.84. The first-order valence-electron chi connectivity index (χ1n) is 9.43. The summed E-state index contributed by atoms with van der Waals surface area (Å²) in [6.45, 7) is 3.31. The lowest BCUT2D eigenvalue weighted by Crippen LogP contribution is -2.32. The summed E-state index contributed by atoms with van der Waals surface area (Å²) in [5.74, 6) is 2.46. The minimum absolute atomic E-state index is 0.111. The van der Waals surface area contributed by atoms with Crippen LogP contribution in [-0.4, -0.2) is 49.6 Å². The second kappa shape index (κ2) is 7.47. The first kappa shape index (κ1) is 17.6. The van der Waals surface area contributed by atoms with Crippen LogP contribution in [0.5, 0.6) is 11.5 Å². The van der Waals surface area contributed by atoms with E-state index in [0.717, 1.165) is 68.3 Å². The molecular weight excluding hydrogens is 342 g/mol. The molecule has 0 radical (unpaired) electrons. The van der Waals surface area contributed by atoms with E-state index in [1.165, 1.54) is 11.1 Å². The smallest absolute Gasteiger partial charge is 0.254 e. The largest absolute Gasteiger partial charge is 0.493 e. The maximum atomic E-state index is 12.7. The number of carbonyl (C=O) groups is 1. The lowest BCUT2D eigenvalue weighted by atomic mass is 9.98. The van der Waals surface area contributed by atoms with Crippen LogP contribution in [0.3, 0.4) is 0 Å². The number of amides is 1. The predicted octanol–water partition coefficient (Wildman–Crippen LogP) is 2.90. The lowest BCUT2D eigenvalue weighted by Gasteiger charge is -2.30. The maximum Gasteiger partial charge on any atom is 0.254 e. The third-order valence-corrected chi connectivity index (χ3v) is 5.43. The third kappa shape index (κ3) is 3.44. The number of ether oxygens (including phenoxy) is 2. The molecule has 27 heavy (non-hydrogen) atoms. The fraction of sp³-hybridized carbons (Fsp3) is 0.429. The number of hydrogen-bond acceptors (Lipinski definition) is 5. The molecule has 1 fully saturated rings. The number of hydrogen-bond donors (Lipinski definition) is 0. The van der Waals surface area contributed by atoms with E-state index in [1.807, 2.05) is 23.1 Å². The van der Waals surface area contributed by atoms with Crippen molar-refractivity contribution in [2.75, 3.05) is 38.8 Å². The van der Waals surface area contributed by atoms with Gasteiger partial charge in [-0.05, 0) is 54.7 Å². The van der Waals surface area contributed by atoms with Gasteiger partial charge in [0.15, 0.2) is 11.5 Å². The second-order valence-corrected chi connectivity index (χ2v) is 7.05. The number of rotatable bonds is 4. The zero-order valence-corrected chi connectivity index (χ0v) is 15.9. The lowest BCUT2D eigenvalue weighted by molar-refractivity contribution is 0.0792. The van der Waals surface area contributed by atoms with Crippen LogP contribution in [0, 0.1) is 0 Å². The van der Waals surface area contributed by atoms with Gasteiger partial charge in [0, 0.05) is 37.9 Å². The molecule has 2 aromatic rings. The van der Waals surface area contributed by atoms with Crippen molar-refractivity contribution < 1.29 is 14.3 Å². The van der Waals surface area contributed by atoms with Crippen molar-refractivity contribution >= 4 is 11.7 Å². The molecule has 0 atom stereocenters. The average Bonchev–Trinajstić information content (AvgIpc) is 3.26. The van der Waals surface area contributed by atoms with Gasteiger partial charge in [0.2, 0.25) is 0 Å². The highest BCUT2D eigenvalue weighted by atomic mass is 16.5. The van der Waals surface area contributed by atoms with Gasteiger partial charge in [0.05, 0.1) is 14.2 Å². The molecule has 6 nitrogen and oxygen atoms in total. The highest BCUT2D eigenvalue weighted by molar-refractivity contribution is 5.95. The van der Waals surface area contributed by atoms with E-state index in [1.54, 1.807) is 20.4 Å². The van der Waals surface area contributed by atoms with Crippen molar-refractivity contribution in [3.8, 4) is 11.5 Å². The molecule has 0 bridgehead atoms. The van der Waals surface area contributed by atoms with E-state index in [4.69, 9.17) is 9.47 Å². The van der Waals surface area contributed by atoms with Crippen LogP contribution in [0.15, 0.2) is 30.5 Å². The second-order valence-electron chi connectivity index (χ2n) is 7.05. The SMILES string of the molecule is COc1cc2c(cc1OC)CN(c1cc(C(=O)N3CCCC3)ccn1)CC2. The Labute approximate surface area is 159 Å². The number of benzene rings is 1. The zero-order valence-electron chi connectivity index (χ0n) is 15.9. The van der Waals surface area contributed by atoms with Gasteiger partial charge < -0.3 is 19.3 Å². The highest BCUT2D eigenvalue weighted by Gasteiger charge is 2.23. The van der Waals surface area contributed by atoms with Crippen LogP contribution in [0.2, 0.25) is 0 Å². The molecule has 0 aliphatic carbocycles. The van der Waals surface area contributed by atoms with Gasteiger partial charge in [-0.25, -0.2) is 4.98 Å². The molecule has 4 rings (SSSR count). The molecule has 0 unspecified atom stereocenters. The molecule has 0 saturated carbocycles. The Morgan fingerprint density at radius 2 is 1.70 bits per heavy atom. The third-order valence-electron chi connectivity index (χ3n) is 5.43. The molecule has 142 valence electrons.